The van der Waals surface area contributed by atoms with Gasteiger partial charge in [0.25, 0.3) is 0 Å². The van der Waals surface area contributed by atoms with Crippen molar-refractivity contribution in [3.8, 4) is 0 Å². The molecule has 1 fully saturated rings. The average molecular weight is 661 g/mol. The third kappa shape index (κ3) is 7.93. The minimum Gasteiger partial charge on any atom is -0.389 e. The molecule has 0 aliphatic carbocycles. The van der Waals surface area contributed by atoms with Gasteiger partial charge in [0.15, 0.2) is 0 Å². The summed E-state index contributed by atoms with van der Waals surface area (Å²) in [6.45, 7) is 6.06. The summed E-state index contributed by atoms with van der Waals surface area (Å²) in [6.07, 6.45) is 1.14. The number of likely N-dealkylation sites (tertiary alicyclic amines) is 1. The molecule has 2 aliphatic heterocycles. The summed E-state index contributed by atoms with van der Waals surface area (Å²) in [5.41, 5.74) is 2.33. The Morgan fingerprint density at radius 1 is 1.02 bits per heavy atom. The van der Waals surface area contributed by atoms with Crippen LogP contribution in [0.25, 0.3) is 0 Å². The first-order chi connectivity index (χ1) is 23.0. The number of hydrogen-bond donors (Lipinski definition) is 4. The number of nitrogens with one attached hydrogen (secondary N) is 3. The lowest BCUT2D eigenvalue weighted by Crippen LogP contribution is -2.61. The molecule has 3 amide bonds. The molecule has 48 heavy (non-hydrogen) atoms. The molecule has 256 valence electrons. The molecule has 10 heteroatoms. The van der Waals surface area contributed by atoms with E-state index in [2.05, 4.69) is 16.0 Å². The van der Waals surface area contributed by atoms with Crippen molar-refractivity contribution < 1.29 is 28.3 Å². The summed E-state index contributed by atoms with van der Waals surface area (Å²) in [5, 5.41) is 21.1. The Bertz CT molecular complexity index is 1580. The highest BCUT2D eigenvalue weighted by Crippen LogP contribution is 2.34. The normalized spacial score (nSPS) is 21.6. The maximum absolute atomic E-state index is 14.4. The monoisotopic (exact) mass is 660 g/mol. The number of halogens is 2. The van der Waals surface area contributed by atoms with Gasteiger partial charge in [-0.3, -0.25) is 14.4 Å². The molecule has 2 heterocycles. The lowest BCUT2D eigenvalue weighted by Gasteiger charge is -2.37. The van der Waals surface area contributed by atoms with E-state index in [0.717, 1.165) is 22.8 Å². The van der Waals surface area contributed by atoms with E-state index >= 15 is 0 Å². The maximum atomic E-state index is 14.4. The largest absolute Gasteiger partial charge is 0.389 e. The quantitative estimate of drug-likeness (QED) is 0.220. The summed E-state index contributed by atoms with van der Waals surface area (Å²) in [7, 11) is 0. The number of hydrogen-bond acceptors (Lipinski definition) is 5. The van der Waals surface area contributed by atoms with Crippen molar-refractivity contribution in [2.24, 2.45) is 5.92 Å². The van der Waals surface area contributed by atoms with Gasteiger partial charge in [-0.25, -0.2) is 8.78 Å². The van der Waals surface area contributed by atoms with Gasteiger partial charge in [-0.2, -0.15) is 0 Å². The molecule has 4 N–H and O–H groups in total. The van der Waals surface area contributed by atoms with Crippen molar-refractivity contribution in [1.82, 2.24) is 20.9 Å². The molecule has 3 aromatic rings. The molecule has 2 aliphatic rings. The maximum Gasteiger partial charge on any atom is 0.249 e. The topological polar surface area (TPSA) is 111 Å². The number of rotatable bonds is 13. The third-order valence-electron chi connectivity index (χ3n) is 10.1. The van der Waals surface area contributed by atoms with Crippen molar-refractivity contribution in [3.63, 3.8) is 0 Å². The highest BCUT2D eigenvalue weighted by Gasteiger charge is 2.53. The molecular formula is C38H46F2N4O4. The first-order valence-electron chi connectivity index (χ1n) is 16.9. The number of carbonyl (C=O) groups excluding carboxylic acids is 3. The molecule has 0 radical (unpaired) electrons. The van der Waals surface area contributed by atoms with Crippen LogP contribution in [0.4, 0.5) is 8.78 Å². The van der Waals surface area contributed by atoms with Crippen molar-refractivity contribution in [3.05, 3.63) is 107 Å². The number of fused-ring (bicyclic) bond motifs is 1. The average Bonchev–Trinajstić information content (AvgIpc) is 3.38. The van der Waals surface area contributed by atoms with Crippen LogP contribution >= 0.6 is 0 Å². The van der Waals surface area contributed by atoms with Gasteiger partial charge in [0, 0.05) is 32.1 Å². The van der Waals surface area contributed by atoms with Crippen LogP contribution in [-0.4, -0.2) is 64.0 Å². The van der Waals surface area contributed by atoms with Gasteiger partial charge in [-0.05, 0) is 72.4 Å². The zero-order valence-electron chi connectivity index (χ0n) is 27.8. The van der Waals surface area contributed by atoms with E-state index in [9.17, 15) is 28.3 Å². The Kier molecular flexibility index (Phi) is 11.3. The third-order valence-corrected chi connectivity index (χ3v) is 10.1. The second-order valence-electron chi connectivity index (χ2n) is 13.3. The van der Waals surface area contributed by atoms with Crippen LogP contribution in [0.3, 0.4) is 0 Å². The van der Waals surface area contributed by atoms with Gasteiger partial charge in [-0.1, -0.05) is 74.9 Å². The van der Waals surface area contributed by atoms with Gasteiger partial charge in [-0.15, -0.1) is 0 Å². The number of carbonyl (C=O) groups is 3. The molecule has 8 nitrogen and oxygen atoms in total. The van der Waals surface area contributed by atoms with E-state index in [4.69, 9.17) is 0 Å². The Hall–Kier alpha value is -4.15. The second-order valence-corrected chi connectivity index (χ2v) is 13.3. The summed E-state index contributed by atoms with van der Waals surface area (Å²) >= 11 is 0. The number of aliphatic hydroxyl groups excluding tert-OH is 1. The SMILES string of the molecule is CC[C@H](C)[C@@]1(NC(C)=O)CCN([C@@H](CCc2ccccc2)C(=O)N[C@@H](Cc2cc(F)cc(F)c2)[C@@H](O)[C@@H]2Cc3ccccc3CN2)C1=O. The van der Waals surface area contributed by atoms with Crippen molar-refractivity contribution in [2.45, 2.75) is 95.6 Å². The molecule has 0 bridgehead atoms. The standard InChI is InChI=1S/C38H46F2N4O4/c1-4-24(2)38(43-25(3)45)16-17-44(37(38)48)34(15-14-26-10-6-5-7-11-26)36(47)42-33(20-27-18-30(39)22-31(40)19-27)35(46)32-21-28-12-8-9-13-29(28)23-41-32/h5-13,18-19,22,24,32-35,41,46H,4,14-17,20-21,23H2,1-3H3,(H,42,47)(H,43,45)/t24-,32-,33-,34-,35-,38-/m0/s1. The molecule has 0 aromatic heterocycles. The predicted molar refractivity (Wildman–Crippen MR) is 180 cm³/mol. The van der Waals surface area contributed by atoms with E-state index in [1.165, 1.54) is 19.1 Å². The van der Waals surface area contributed by atoms with Crippen LogP contribution in [-0.2, 0) is 40.2 Å². The molecule has 0 unspecified atom stereocenters. The molecule has 6 atom stereocenters. The molecule has 0 spiro atoms. The number of amides is 3. The van der Waals surface area contributed by atoms with Crippen LogP contribution in [0.15, 0.2) is 72.8 Å². The van der Waals surface area contributed by atoms with Gasteiger partial charge < -0.3 is 26.0 Å². The van der Waals surface area contributed by atoms with Crippen molar-refractivity contribution in [1.29, 1.82) is 0 Å². The number of aryl methyl sites for hydroxylation is 1. The fourth-order valence-electron chi connectivity index (χ4n) is 7.31. The Balaban J connectivity index is 1.45. The Morgan fingerprint density at radius 3 is 2.35 bits per heavy atom. The van der Waals surface area contributed by atoms with Crippen LogP contribution in [0.2, 0.25) is 0 Å². The number of aliphatic hydroxyl groups is 1. The summed E-state index contributed by atoms with van der Waals surface area (Å²) < 4.78 is 28.6. The van der Waals surface area contributed by atoms with Crippen LogP contribution in [0.1, 0.15) is 62.3 Å². The lowest BCUT2D eigenvalue weighted by molar-refractivity contribution is -0.144. The highest BCUT2D eigenvalue weighted by atomic mass is 19.1. The van der Waals surface area contributed by atoms with Crippen LogP contribution in [0, 0.1) is 17.6 Å². The van der Waals surface area contributed by atoms with Gasteiger partial charge in [0.05, 0.1) is 12.1 Å². The van der Waals surface area contributed by atoms with Crippen molar-refractivity contribution >= 4 is 17.7 Å². The minimum atomic E-state index is -1.14. The summed E-state index contributed by atoms with van der Waals surface area (Å²) in [4.78, 5) is 42.5. The molecular weight excluding hydrogens is 614 g/mol. The van der Waals surface area contributed by atoms with E-state index < -0.39 is 47.3 Å². The van der Waals surface area contributed by atoms with E-state index in [0.29, 0.717) is 38.6 Å². The van der Waals surface area contributed by atoms with Gasteiger partial charge >= 0.3 is 0 Å². The molecule has 0 saturated carbocycles. The van der Waals surface area contributed by atoms with Crippen molar-refractivity contribution in [2.75, 3.05) is 6.54 Å². The molecule has 5 rings (SSSR count). The van der Waals surface area contributed by atoms with Gasteiger partial charge in [0.2, 0.25) is 17.7 Å². The fourth-order valence-corrected chi connectivity index (χ4v) is 7.31. The lowest BCUT2D eigenvalue weighted by atomic mass is 9.81. The zero-order chi connectivity index (χ0) is 34.4. The Labute approximate surface area is 281 Å². The van der Waals surface area contributed by atoms with Crippen LogP contribution in [0.5, 0.6) is 0 Å². The molecule has 3 aromatic carbocycles. The summed E-state index contributed by atoms with van der Waals surface area (Å²) in [5.74, 6) is -2.78. The fraction of sp³-hybridized carbons (Fsp3) is 0.447. The van der Waals surface area contributed by atoms with Gasteiger partial charge in [0.1, 0.15) is 23.2 Å². The molecule has 1 saturated heterocycles. The number of benzene rings is 3. The highest BCUT2D eigenvalue weighted by molar-refractivity contribution is 5.96. The second kappa shape index (κ2) is 15.4. The first kappa shape index (κ1) is 35.2. The van der Waals surface area contributed by atoms with E-state index in [-0.39, 0.29) is 36.3 Å². The summed E-state index contributed by atoms with van der Waals surface area (Å²) in [6, 6.07) is 18.4. The Morgan fingerprint density at radius 2 is 1.69 bits per heavy atom. The zero-order valence-corrected chi connectivity index (χ0v) is 27.8. The van der Waals surface area contributed by atoms with E-state index in [1.54, 1.807) is 4.90 Å². The minimum absolute atomic E-state index is 0.0382. The predicted octanol–water partition coefficient (Wildman–Crippen LogP) is 4.22. The van der Waals surface area contributed by atoms with E-state index in [1.807, 2.05) is 68.4 Å². The smallest absolute Gasteiger partial charge is 0.249 e. The van der Waals surface area contributed by atoms with Crippen LogP contribution < -0.4 is 16.0 Å². The number of nitrogens with zero attached hydrogens (tertiary/aromatic N) is 1. The first-order valence-corrected chi connectivity index (χ1v) is 16.9.